The topological polar surface area (TPSA) is 30.5 Å². The summed E-state index contributed by atoms with van der Waals surface area (Å²) in [5, 5.41) is 3.59. The Morgan fingerprint density at radius 3 is 3.05 bits per heavy atom. The molecule has 2 rings (SSSR count). The monoisotopic (exact) mass is 275 g/mol. The smallest absolute Gasteiger partial charge is 0.119 e. The highest BCUT2D eigenvalue weighted by Gasteiger charge is 2.20. The lowest BCUT2D eigenvalue weighted by Gasteiger charge is -2.27. The van der Waals surface area contributed by atoms with Crippen molar-refractivity contribution in [2.45, 2.75) is 32.2 Å². The maximum absolute atomic E-state index is 5.53. The predicted octanol–water partition coefficient (Wildman–Crippen LogP) is 3.25. The van der Waals surface area contributed by atoms with E-state index in [4.69, 9.17) is 9.47 Å². The first kappa shape index (κ1) is 15.1. The molecule has 0 bridgehead atoms. The molecule has 0 saturated carbocycles. The first-order valence-corrected chi connectivity index (χ1v) is 7.33. The zero-order valence-electron chi connectivity index (χ0n) is 12.6. The fourth-order valence-electron chi connectivity index (χ4n) is 2.67. The highest BCUT2D eigenvalue weighted by Crippen LogP contribution is 2.32. The molecule has 1 aromatic rings. The summed E-state index contributed by atoms with van der Waals surface area (Å²) in [5.41, 5.74) is 3.89. The van der Waals surface area contributed by atoms with Crippen LogP contribution in [0.2, 0.25) is 0 Å². The van der Waals surface area contributed by atoms with Gasteiger partial charge in [-0.2, -0.15) is 0 Å². The summed E-state index contributed by atoms with van der Waals surface area (Å²) in [6, 6.07) is 6.83. The fourth-order valence-corrected chi connectivity index (χ4v) is 2.67. The zero-order chi connectivity index (χ0) is 14.4. The van der Waals surface area contributed by atoms with Crippen LogP contribution in [0.15, 0.2) is 30.4 Å². The highest BCUT2D eigenvalue weighted by atomic mass is 16.5. The molecule has 20 heavy (non-hydrogen) atoms. The molecular formula is C17H25NO2. The number of methoxy groups -OCH3 is 1. The van der Waals surface area contributed by atoms with Crippen LogP contribution < -0.4 is 10.1 Å². The molecule has 1 aliphatic carbocycles. The lowest BCUT2D eigenvalue weighted by molar-refractivity contribution is 0.154. The van der Waals surface area contributed by atoms with Crippen molar-refractivity contribution in [3.8, 4) is 5.75 Å². The molecule has 1 aromatic carbocycles. The first-order chi connectivity index (χ1) is 9.70. The van der Waals surface area contributed by atoms with Crippen LogP contribution in [0.3, 0.4) is 0 Å². The molecule has 0 aromatic heterocycles. The second kappa shape index (κ2) is 7.46. The average Bonchev–Trinajstić information content (AvgIpc) is 2.46. The van der Waals surface area contributed by atoms with Gasteiger partial charge in [-0.1, -0.05) is 18.2 Å². The van der Waals surface area contributed by atoms with Crippen LogP contribution >= 0.6 is 0 Å². The Labute approximate surface area is 122 Å². The third kappa shape index (κ3) is 4.09. The maximum atomic E-state index is 5.53. The first-order valence-electron chi connectivity index (χ1n) is 7.33. The Bertz CT molecular complexity index is 456. The van der Waals surface area contributed by atoms with Gasteiger partial charge in [-0.05, 0) is 49.4 Å². The third-order valence-corrected chi connectivity index (χ3v) is 3.65. The van der Waals surface area contributed by atoms with E-state index >= 15 is 0 Å². The Morgan fingerprint density at radius 1 is 1.45 bits per heavy atom. The summed E-state index contributed by atoms with van der Waals surface area (Å²) in [6.45, 7) is 8.06. The minimum Gasteiger partial charge on any atom is -0.497 e. The molecule has 1 aliphatic rings. The van der Waals surface area contributed by atoms with Gasteiger partial charge in [0, 0.05) is 12.6 Å². The van der Waals surface area contributed by atoms with Gasteiger partial charge < -0.3 is 14.8 Å². The maximum Gasteiger partial charge on any atom is 0.119 e. The van der Waals surface area contributed by atoms with E-state index in [1.54, 1.807) is 7.11 Å². The number of ether oxygens (including phenoxy) is 2. The Hall–Kier alpha value is -1.32. The normalized spacial score (nSPS) is 17.6. The van der Waals surface area contributed by atoms with Gasteiger partial charge in [0.2, 0.25) is 0 Å². The summed E-state index contributed by atoms with van der Waals surface area (Å²) >= 11 is 0. The van der Waals surface area contributed by atoms with Gasteiger partial charge in [0.15, 0.2) is 0 Å². The van der Waals surface area contributed by atoms with E-state index < -0.39 is 0 Å². The van der Waals surface area contributed by atoms with Crippen molar-refractivity contribution in [3.63, 3.8) is 0 Å². The van der Waals surface area contributed by atoms with Gasteiger partial charge in [-0.25, -0.2) is 0 Å². The predicted molar refractivity (Wildman–Crippen MR) is 82.3 cm³/mol. The minimum absolute atomic E-state index is 0.419. The molecule has 0 heterocycles. The number of hydrogen-bond donors (Lipinski definition) is 1. The van der Waals surface area contributed by atoms with Gasteiger partial charge in [-0.3, -0.25) is 0 Å². The van der Waals surface area contributed by atoms with Gasteiger partial charge in [0.25, 0.3) is 0 Å². The Morgan fingerprint density at radius 2 is 2.30 bits per heavy atom. The van der Waals surface area contributed by atoms with E-state index in [0.717, 1.165) is 24.5 Å². The van der Waals surface area contributed by atoms with Crippen LogP contribution in [-0.4, -0.2) is 26.9 Å². The molecule has 0 amide bonds. The number of aryl methyl sites for hydroxylation is 1. The number of benzene rings is 1. The lowest BCUT2D eigenvalue weighted by Crippen LogP contribution is -2.28. The number of fused-ring (bicyclic) bond motifs is 1. The van der Waals surface area contributed by atoms with Crippen LogP contribution in [-0.2, 0) is 11.2 Å². The summed E-state index contributed by atoms with van der Waals surface area (Å²) in [5.74, 6) is 0.941. The van der Waals surface area contributed by atoms with Crippen LogP contribution in [0.4, 0.5) is 0 Å². The van der Waals surface area contributed by atoms with Crippen molar-refractivity contribution in [2.75, 3.05) is 26.9 Å². The molecule has 0 saturated heterocycles. The fraction of sp³-hybridized carbons (Fsp3) is 0.529. The van der Waals surface area contributed by atoms with Crippen molar-refractivity contribution in [3.05, 3.63) is 41.5 Å². The Kier molecular flexibility index (Phi) is 5.62. The molecular weight excluding hydrogens is 250 g/mol. The molecule has 0 radical (unpaired) electrons. The number of rotatable bonds is 7. The largest absolute Gasteiger partial charge is 0.497 e. The van der Waals surface area contributed by atoms with E-state index in [1.807, 2.05) is 6.92 Å². The third-order valence-electron chi connectivity index (χ3n) is 3.65. The molecule has 3 heteroatoms. The second-order valence-electron chi connectivity index (χ2n) is 5.47. The summed E-state index contributed by atoms with van der Waals surface area (Å²) in [4.78, 5) is 0. The van der Waals surface area contributed by atoms with Gasteiger partial charge in [-0.15, -0.1) is 0 Å². The van der Waals surface area contributed by atoms with Crippen LogP contribution in [0, 0.1) is 0 Å². The molecule has 0 fully saturated rings. The van der Waals surface area contributed by atoms with Crippen molar-refractivity contribution >= 4 is 0 Å². The highest BCUT2D eigenvalue weighted by molar-refractivity contribution is 5.39. The van der Waals surface area contributed by atoms with Crippen LogP contribution in [0.5, 0.6) is 5.75 Å². The van der Waals surface area contributed by atoms with Gasteiger partial charge >= 0.3 is 0 Å². The molecule has 0 aliphatic heterocycles. The van der Waals surface area contributed by atoms with E-state index in [2.05, 4.69) is 30.1 Å². The average molecular weight is 275 g/mol. The van der Waals surface area contributed by atoms with Crippen molar-refractivity contribution in [1.82, 2.24) is 5.32 Å². The van der Waals surface area contributed by atoms with Crippen molar-refractivity contribution in [1.29, 1.82) is 0 Å². The standard InChI is InChI=1S/C17H25NO2/c1-13(2)12-20-10-9-18-17-6-4-5-14-7-8-15(19-3)11-16(14)17/h7-8,11,17-18H,1,4-6,9-10,12H2,2-3H3. The quantitative estimate of drug-likeness (QED) is 0.612. The Balaban J connectivity index is 1.89. The number of hydrogen-bond acceptors (Lipinski definition) is 3. The van der Waals surface area contributed by atoms with E-state index in [1.165, 1.54) is 30.4 Å². The SMILES string of the molecule is C=C(C)COCCNC1CCCc2ccc(OC)cc21. The molecule has 0 spiro atoms. The summed E-state index contributed by atoms with van der Waals surface area (Å²) < 4.78 is 10.9. The lowest BCUT2D eigenvalue weighted by atomic mass is 9.87. The molecule has 3 nitrogen and oxygen atoms in total. The van der Waals surface area contributed by atoms with Crippen molar-refractivity contribution in [2.24, 2.45) is 0 Å². The van der Waals surface area contributed by atoms with E-state index in [9.17, 15) is 0 Å². The zero-order valence-corrected chi connectivity index (χ0v) is 12.6. The molecule has 1 N–H and O–H groups in total. The summed E-state index contributed by atoms with van der Waals surface area (Å²) in [6.07, 6.45) is 3.59. The van der Waals surface area contributed by atoms with Gasteiger partial charge in [0.05, 0.1) is 20.3 Å². The summed E-state index contributed by atoms with van der Waals surface area (Å²) in [7, 11) is 1.72. The van der Waals surface area contributed by atoms with Crippen molar-refractivity contribution < 1.29 is 9.47 Å². The molecule has 110 valence electrons. The molecule has 1 atom stereocenters. The van der Waals surface area contributed by atoms with Crippen LogP contribution in [0.1, 0.15) is 36.9 Å². The second-order valence-corrected chi connectivity index (χ2v) is 5.47. The van der Waals surface area contributed by atoms with Crippen LogP contribution in [0.25, 0.3) is 0 Å². The van der Waals surface area contributed by atoms with E-state index in [0.29, 0.717) is 12.6 Å². The van der Waals surface area contributed by atoms with E-state index in [-0.39, 0.29) is 0 Å². The minimum atomic E-state index is 0.419. The molecule has 1 unspecified atom stereocenters. The number of nitrogens with one attached hydrogen (secondary N) is 1. The van der Waals surface area contributed by atoms with Gasteiger partial charge in [0.1, 0.15) is 5.75 Å².